The number of non-ortho nitro benzene ring substituents is 1. The minimum absolute atomic E-state index is 0.0564. The van der Waals surface area contributed by atoms with Gasteiger partial charge in [-0.3, -0.25) is 19.7 Å². The lowest BCUT2D eigenvalue weighted by Gasteiger charge is -2.37. The highest BCUT2D eigenvalue weighted by molar-refractivity contribution is 6.45. The van der Waals surface area contributed by atoms with Crippen LogP contribution in [-0.2, 0) is 9.59 Å². The number of hydrogen-bond acceptors (Lipinski definition) is 5. The summed E-state index contributed by atoms with van der Waals surface area (Å²) in [5.41, 5.74) is 3.62. The molecule has 2 aliphatic heterocycles. The summed E-state index contributed by atoms with van der Waals surface area (Å²) in [5.74, 6) is 0.0538. The van der Waals surface area contributed by atoms with E-state index in [0.717, 1.165) is 17.5 Å². The Morgan fingerprint density at radius 2 is 1.56 bits per heavy atom. The van der Waals surface area contributed by atoms with Gasteiger partial charge in [0.05, 0.1) is 16.2 Å². The van der Waals surface area contributed by atoms with Crippen molar-refractivity contribution in [1.82, 2.24) is 4.90 Å². The van der Waals surface area contributed by atoms with Crippen LogP contribution in [0.15, 0.2) is 48.2 Å². The van der Waals surface area contributed by atoms with Gasteiger partial charge in [0.2, 0.25) is 0 Å². The summed E-state index contributed by atoms with van der Waals surface area (Å²) in [6.45, 7) is 9.53. The van der Waals surface area contributed by atoms with Crippen LogP contribution in [0.2, 0.25) is 0 Å². The smallest absolute Gasteiger partial charge is 0.282 e. The first kappa shape index (κ1) is 21.7. The van der Waals surface area contributed by atoms with E-state index < -0.39 is 10.8 Å². The number of benzene rings is 2. The van der Waals surface area contributed by atoms with E-state index in [2.05, 4.69) is 13.8 Å². The molecule has 2 heterocycles. The molecule has 2 aliphatic rings. The number of nitro groups is 1. The Kier molecular flexibility index (Phi) is 5.59. The monoisotopic (exact) mass is 433 g/mol. The first-order valence-corrected chi connectivity index (χ1v) is 10.9. The van der Waals surface area contributed by atoms with Crippen LogP contribution in [0.5, 0.6) is 0 Å². The minimum atomic E-state index is -0.476. The number of imide groups is 1. The maximum absolute atomic E-state index is 13.7. The van der Waals surface area contributed by atoms with Crippen LogP contribution in [-0.4, -0.2) is 34.7 Å². The summed E-state index contributed by atoms with van der Waals surface area (Å²) in [7, 11) is 0. The van der Waals surface area contributed by atoms with Crippen LogP contribution in [0.25, 0.3) is 5.57 Å². The molecule has 2 aromatic carbocycles. The number of amides is 2. The number of nitro benzene ring substituents is 1. The third-order valence-corrected chi connectivity index (χ3v) is 6.20. The summed E-state index contributed by atoms with van der Waals surface area (Å²) in [6.07, 6.45) is 1.07. The second-order valence-corrected chi connectivity index (χ2v) is 9.11. The number of nitrogens with zero attached hydrogens (tertiary/aromatic N) is 3. The lowest BCUT2D eigenvalue weighted by molar-refractivity contribution is -0.384. The average molecular weight is 434 g/mol. The van der Waals surface area contributed by atoms with Gasteiger partial charge in [0.25, 0.3) is 17.5 Å². The fraction of sp³-hybridized carbons (Fsp3) is 0.360. The molecule has 7 heteroatoms. The molecule has 2 aromatic rings. The minimum Gasteiger partial charge on any atom is -0.366 e. The van der Waals surface area contributed by atoms with E-state index in [9.17, 15) is 19.7 Å². The predicted molar refractivity (Wildman–Crippen MR) is 123 cm³/mol. The number of piperidine rings is 1. The van der Waals surface area contributed by atoms with Gasteiger partial charge in [-0.25, -0.2) is 4.90 Å². The van der Waals surface area contributed by atoms with Gasteiger partial charge in [0, 0.05) is 25.2 Å². The Hall–Kier alpha value is -3.48. The highest BCUT2D eigenvalue weighted by Crippen LogP contribution is 2.38. The summed E-state index contributed by atoms with van der Waals surface area (Å²) in [5, 5.41) is 11.1. The van der Waals surface area contributed by atoms with Gasteiger partial charge in [-0.15, -0.1) is 0 Å². The molecular weight excluding hydrogens is 406 g/mol. The molecule has 2 atom stereocenters. The number of rotatable bonds is 4. The molecule has 2 unspecified atom stereocenters. The number of carbonyl (C=O) groups is 2. The fourth-order valence-corrected chi connectivity index (χ4v) is 4.94. The molecule has 4 rings (SSSR count). The molecule has 32 heavy (non-hydrogen) atoms. The third-order valence-electron chi connectivity index (χ3n) is 6.20. The Balaban J connectivity index is 1.85. The molecule has 1 fully saturated rings. The van der Waals surface area contributed by atoms with Gasteiger partial charge in [-0.2, -0.15) is 0 Å². The summed E-state index contributed by atoms with van der Waals surface area (Å²) < 4.78 is 0. The number of anilines is 1. The first-order valence-electron chi connectivity index (χ1n) is 10.9. The Morgan fingerprint density at radius 3 is 2.12 bits per heavy atom. The van der Waals surface area contributed by atoms with Crippen molar-refractivity contribution < 1.29 is 14.5 Å². The maximum Gasteiger partial charge on any atom is 0.282 e. The van der Waals surface area contributed by atoms with Crippen LogP contribution in [0.4, 0.5) is 11.4 Å². The third kappa shape index (κ3) is 3.79. The molecule has 0 aliphatic carbocycles. The Morgan fingerprint density at radius 1 is 0.938 bits per heavy atom. The van der Waals surface area contributed by atoms with Crippen molar-refractivity contribution >= 4 is 28.8 Å². The fourth-order valence-electron chi connectivity index (χ4n) is 4.94. The van der Waals surface area contributed by atoms with Gasteiger partial charge in [-0.1, -0.05) is 31.5 Å². The molecule has 7 nitrogen and oxygen atoms in total. The zero-order chi connectivity index (χ0) is 23.2. The van der Waals surface area contributed by atoms with E-state index in [1.165, 1.54) is 17.0 Å². The SMILES string of the molecule is Cc1ccc(N2C(=O)C(c3ccc([N+](=O)[O-])cc3)=C(N3CC(C)CC(C)C3)C2=O)c(C)c1. The summed E-state index contributed by atoms with van der Waals surface area (Å²) in [6, 6.07) is 11.5. The predicted octanol–water partition coefficient (Wildman–Crippen LogP) is 4.47. The lowest BCUT2D eigenvalue weighted by atomic mass is 9.91. The second kappa shape index (κ2) is 8.22. The number of likely N-dealkylation sites (tertiary alicyclic amines) is 1. The van der Waals surface area contributed by atoms with Crippen molar-refractivity contribution in [3.05, 3.63) is 75.0 Å². The Labute approximate surface area is 187 Å². The van der Waals surface area contributed by atoms with Gasteiger partial charge >= 0.3 is 0 Å². The van der Waals surface area contributed by atoms with Gasteiger partial charge in [-0.05, 0) is 61.4 Å². The van der Waals surface area contributed by atoms with E-state index in [4.69, 9.17) is 0 Å². The molecule has 0 bridgehead atoms. The molecule has 0 spiro atoms. The molecule has 0 radical (unpaired) electrons. The summed E-state index contributed by atoms with van der Waals surface area (Å²) in [4.78, 5) is 41.3. The highest BCUT2D eigenvalue weighted by Gasteiger charge is 2.44. The molecule has 0 N–H and O–H groups in total. The van der Waals surface area contributed by atoms with Crippen molar-refractivity contribution in [3.8, 4) is 0 Å². The van der Waals surface area contributed by atoms with Crippen molar-refractivity contribution in [3.63, 3.8) is 0 Å². The van der Waals surface area contributed by atoms with E-state index in [0.29, 0.717) is 47.4 Å². The van der Waals surface area contributed by atoms with Gasteiger partial charge < -0.3 is 4.90 Å². The van der Waals surface area contributed by atoms with Gasteiger partial charge in [0.1, 0.15) is 5.70 Å². The van der Waals surface area contributed by atoms with Crippen LogP contribution in [0, 0.1) is 35.8 Å². The maximum atomic E-state index is 13.7. The summed E-state index contributed by atoms with van der Waals surface area (Å²) >= 11 is 0. The molecule has 0 aromatic heterocycles. The van der Waals surface area contributed by atoms with E-state index >= 15 is 0 Å². The molecule has 166 valence electrons. The van der Waals surface area contributed by atoms with Crippen LogP contribution in [0.3, 0.4) is 0 Å². The largest absolute Gasteiger partial charge is 0.366 e. The van der Waals surface area contributed by atoms with E-state index in [1.807, 2.05) is 30.9 Å². The topological polar surface area (TPSA) is 83.8 Å². The zero-order valence-corrected chi connectivity index (χ0v) is 18.8. The van der Waals surface area contributed by atoms with Crippen molar-refractivity contribution in [1.29, 1.82) is 0 Å². The second-order valence-electron chi connectivity index (χ2n) is 9.11. The van der Waals surface area contributed by atoms with Crippen molar-refractivity contribution in [2.24, 2.45) is 11.8 Å². The first-order chi connectivity index (χ1) is 15.2. The lowest BCUT2D eigenvalue weighted by Crippen LogP contribution is -2.42. The van der Waals surface area contributed by atoms with Crippen LogP contribution >= 0.6 is 0 Å². The van der Waals surface area contributed by atoms with Gasteiger partial charge in [0.15, 0.2) is 0 Å². The standard InChI is InChI=1S/C25H27N3O4/c1-15-5-10-21(18(4)12-15)27-24(29)22(19-6-8-20(9-7-19)28(31)32)23(25(27)30)26-13-16(2)11-17(3)14-26/h5-10,12,16-17H,11,13-14H2,1-4H3. The molecule has 0 saturated carbocycles. The van der Waals surface area contributed by atoms with Crippen LogP contribution < -0.4 is 4.90 Å². The zero-order valence-electron chi connectivity index (χ0n) is 18.8. The normalized spacial score (nSPS) is 21.5. The molecule has 1 saturated heterocycles. The molecular formula is C25H27N3O4. The van der Waals surface area contributed by atoms with Crippen molar-refractivity contribution in [2.45, 2.75) is 34.1 Å². The quantitative estimate of drug-likeness (QED) is 0.403. The highest BCUT2D eigenvalue weighted by atomic mass is 16.6. The number of hydrogen-bond donors (Lipinski definition) is 0. The van der Waals surface area contributed by atoms with E-state index in [1.54, 1.807) is 18.2 Å². The number of carbonyl (C=O) groups excluding carboxylic acids is 2. The van der Waals surface area contributed by atoms with Crippen LogP contribution in [0.1, 0.15) is 37.0 Å². The van der Waals surface area contributed by atoms with Crippen molar-refractivity contribution in [2.75, 3.05) is 18.0 Å². The number of aryl methyl sites for hydroxylation is 2. The Bertz CT molecular complexity index is 1130. The molecule has 2 amide bonds. The average Bonchev–Trinajstić information content (AvgIpc) is 2.98. The van der Waals surface area contributed by atoms with E-state index in [-0.39, 0.29) is 11.6 Å².